The van der Waals surface area contributed by atoms with Crippen molar-refractivity contribution in [2.24, 2.45) is 5.10 Å². The monoisotopic (exact) mass is 489 g/mol. The molecule has 0 bridgehead atoms. The molecule has 0 saturated carbocycles. The summed E-state index contributed by atoms with van der Waals surface area (Å²) in [6.45, 7) is 0. The van der Waals surface area contributed by atoms with Gasteiger partial charge in [-0.05, 0) is 35.9 Å². The molecule has 0 aliphatic rings. The van der Waals surface area contributed by atoms with Crippen LogP contribution in [0.3, 0.4) is 0 Å². The summed E-state index contributed by atoms with van der Waals surface area (Å²) in [5.41, 5.74) is 6.26. The quantitative estimate of drug-likeness (QED) is 0.130. The number of hydrogen-bond donors (Lipinski definition) is 2. The number of methoxy groups -OCH3 is 1. The molecule has 5 aromatic rings. The molecule has 5 rings (SSSR count). The lowest BCUT2D eigenvalue weighted by Gasteiger charge is -2.07. The van der Waals surface area contributed by atoms with Crippen LogP contribution in [0.2, 0.25) is 0 Å². The summed E-state index contributed by atoms with van der Waals surface area (Å²) >= 11 is 0. The van der Waals surface area contributed by atoms with Crippen LogP contribution in [0.5, 0.6) is 11.5 Å². The maximum absolute atomic E-state index is 13.3. The number of aromatic nitrogens is 1. The number of ether oxygens (including phenoxy) is 2. The van der Waals surface area contributed by atoms with Gasteiger partial charge in [-0.1, -0.05) is 72.8 Å². The van der Waals surface area contributed by atoms with Gasteiger partial charge in [0.2, 0.25) is 0 Å². The van der Waals surface area contributed by atoms with E-state index in [2.05, 4.69) is 15.5 Å². The van der Waals surface area contributed by atoms with E-state index in [0.29, 0.717) is 28.3 Å². The number of carbonyl (C=O) groups excluding carboxylic acids is 2. The van der Waals surface area contributed by atoms with Crippen molar-refractivity contribution in [1.29, 1.82) is 0 Å². The first-order valence-electron chi connectivity index (χ1n) is 11.6. The first-order chi connectivity index (χ1) is 18.2. The molecule has 0 spiro atoms. The number of amides is 1. The number of nitrogens with one attached hydrogen (secondary N) is 2. The van der Waals surface area contributed by atoms with Gasteiger partial charge in [-0.2, -0.15) is 5.10 Å². The summed E-state index contributed by atoms with van der Waals surface area (Å²) < 4.78 is 11.0. The summed E-state index contributed by atoms with van der Waals surface area (Å²) in [6, 6.07) is 31.0. The minimum atomic E-state index is -0.481. The van der Waals surface area contributed by atoms with Crippen molar-refractivity contribution in [2.45, 2.75) is 0 Å². The summed E-state index contributed by atoms with van der Waals surface area (Å²) in [6.07, 6.45) is 1.44. The van der Waals surface area contributed by atoms with Gasteiger partial charge in [0.1, 0.15) is 17.2 Å². The number of esters is 1. The van der Waals surface area contributed by atoms with Gasteiger partial charge >= 0.3 is 5.97 Å². The second-order valence-corrected chi connectivity index (χ2v) is 8.12. The Morgan fingerprint density at radius 2 is 1.49 bits per heavy atom. The molecule has 0 radical (unpaired) electrons. The number of rotatable bonds is 7. The van der Waals surface area contributed by atoms with E-state index < -0.39 is 11.9 Å². The van der Waals surface area contributed by atoms with E-state index in [4.69, 9.17) is 9.47 Å². The predicted octanol–water partition coefficient (Wildman–Crippen LogP) is 5.83. The lowest BCUT2D eigenvalue weighted by molar-refractivity contribution is 0.0734. The second kappa shape index (κ2) is 10.6. The fraction of sp³-hybridized carbons (Fsp3) is 0.0333. The lowest BCUT2D eigenvalue weighted by Crippen LogP contribution is -2.19. The number of nitrogens with zero attached hydrogens (tertiary/aromatic N) is 1. The third kappa shape index (κ3) is 4.97. The molecule has 7 heteroatoms. The number of benzene rings is 4. The van der Waals surface area contributed by atoms with Gasteiger partial charge < -0.3 is 14.5 Å². The Morgan fingerprint density at radius 1 is 0.811 bits per heavy atom. The van der Waals surface area contributed by atoms with Crippen molar-refractivity contribution >= 4 is 29.0 Å². The number of H-pyrrole nitrogens is 1. The molecule has 0 unspecified atom stereocenters. The maximum Gasteiger partial charge on any atom is 0.343 e. The number of hydrogen-bond acceptors (Lipinski definition) is 5. The minimum Gasteiger partial charge on any atom is -0.495 e. The second-order valence-electron chi connectivity index (χ2n) is 8.12. The van der Waals surface area contributed by atoms with Crippen LogP contribution in [0, 0.1) is 0 Å². The normalized spacial score (nSPS) is 10.9. The lowest BCUT2D eigenvalue weighted by atomic mass is 10.0. The Hall–Kier alpha value is -5.17. The smallest absolute Gasteiger partial charge is 0.343 e. The highest BCUT2D eigenvalue weighted by Crippen LogP contribution is 2.36. The van der Waals surface area contributed by atoms with E-state index in [0.717, 1.165) is 22.0 Å². The van der Waals surface area contributed by atoms with Crippen molar-refractivity contribution in [3.05, 3.63) is 120 Å². The van der Waals surface area contributed by atoms with Gasteiger partial charge in [-0.25, -0.2) is 10.2 Å². The summed E-state index contributed by atoms with van der Waals surface area (Å²) in [5.74, 6) is 0.0539. The van der Waals surface area contributed by atoms with E-state index in [9.17, 15) is 9.59 Å². The summed E-state index contributed by atoms with van der Waals surface area (Å²) in [5, 5.41) is 5.00. The molecule has 1 aromatic heterocycles. The Bertz CT molecular complexity index is 1590. The topological polar surface area (TPSA) is 92.8 Å². The van der Waals surface area contributed by atoms with Crippen molar-refractivity contribution < 1.29 is 19.1 Å². The Balaban J connectivity index is 1.41. The molecule has 1 heterocycles. The van der Waals surface area contributed by atoms with Gasteiger partial charge in [-0.3, -0.25) is 4.79 Å². The zero-order valence-electron chi connectivity index (χ0n) is 20.0. The molecule has 2 N–H and O–H groups in total. The molecular weight excluding hydrogens is 466 g/mol. The highest BCUT2D eigenvalue weighted by atomic mass is 16.5. The van der Waals surface area contributed by atoms with Crippen molar-refractivity contribution in [3.8, 4) is 22.6 Å². The zero-order chi connectivity index (χ0) is 25.6. The molecule has 182 valence electrons. The summed E-state index contributed by atoms with van der Waals surface area (Å²) in [7, 11) is 1.59. The van der Waals surface area contributed by atoms with Gasteiger partial charge in [0, 0.05) is 16.5 Å². The van der Waals surface area contributed by atoms with Crippen molar-refractivity contribution in [1.82, 2.24) is 10.4 Å². The molecular formula is C30H23N3O4. The molecule has 0 aliphatic heterocycles. The van der Waals surface area contributed by atoms with E-state index in [1.54, 1.807) is 55.6 Å². The van der Waals surface area contributed by atoms with Crippen LogP contribution in [0.15, 0.2) is 108 Å². The molecule has 4 aromatic carbocycles. The first kappa shape index (κ1) is 23.6. The van der Waals surface area contributed by atoms with Crippen LogP contribution in [-0.4, -0.2) is 30.2 Å². The van der Waals surface area contributed by atoms with Gasteiger partial charge in [0.25, 0.3) is 5.91 Å². The zero-order valence-corrected chi connectivity index (χ0v) is 20.0. The predicted molar refractivity (Wildman–Crippen MR) is 143 cm³/mol. The highest BCUT2D eigenvalue weighted by molar-refractivity contribution is 6.11. The number of aromatic amines is 1. The van der Waals surface area contributed by atoms with E-state index in [1.807, 2.05) is 54.6 Å². The molecule has 37 heavy (non-hydrogen) atoms. The van der Waals surface area contributed by atoms with Crippen LogP contribution in [-0.2, 0) is 0 Å². The number of para-hydroxylation sites is 2. The minimum absolute atomic E-state index is 0.328. The van der Waals surface area contributed by atoms with Crippen molar-refractivity contribution in [3.63, 3.8) is 0 Å². The van der Waals surface area contributed by atoms with Crippen LogP contribution < -0.4 is 14.9 Å². The molecule has 0 aliphatic carbocycles. The Kier molecular flexibility index (Phi) is 6.76. The van der Waals surface area contributed by atoms with Crippen LogP contribution in [0.4, 0.5) is 0 Å². The standard InChI is InChI=1S/C30H23N3O4/c1-36-25-18-10-16-23-26(20-11-4-2-5-12-20)28(32-27(23)25)29(34)33-31-19-22-15-8-9-17-24(22)37-30(35)21-13-6-3-7-14-21/h2-19,32H,1H3,(H,33,34). The summed E-state index contributed by atoms with van der Waals surface area (Å²) in [4.78, 5) is 29.0. The Morgan fingerprint density at radius 3 is 2.24 bits per heavy atom. The maximum atomic E-state index is 13.3. The molecule has 0 fully saturated rings. The fourth-order valence-corrected chi connectivity index (χ4v) is 4.07. The van der Waals surface area contributed by atoms with E-state index >= 15 is 0 Å². The fourth-order valence-electron chi connectivity index (χ4n) is 4.07. The van der Waals surface area contributed by atoms with Gasteiger partial charge in [0.15, 0.2) is 0 Å². The molecule has 0 atom stereocenters. The van der Waals surface area contributed by atoms with Crippen LogP contribution in [0.1, 0.15) is 26.4 Å². The van der Waals surface area contributed by atoms with Crippen molar-refractivity contribution in [2.75, 3.05) is 7.11 Å². The Labute approximate surface area is 213 Å². The highest BCUT2D eigenvalue weighted by Gasteiger charge is 2.21. The van der Waals surface area contributed by atoms with E-state index in [1.165, 1.54) is 6.21 Å². The third-order valence-electron chi connectivity index (χ3n) is 5.81. The van der Waals surface area contributed by atoms with E-state index in [-0.39, 0.29) is 0 Å². The van der Waals surface area contributed by atoms with Gasteiger partial charge in [0.05, 0.1) is 24.4 Å². The van der Waals surface area contributed by atoms with Crippen LogP contribution in [0.25, 0.3) is 22.0 Å². The van der Waals surface area contributed by atoms with Crippen LogP contribution >= 0.6 is 0 Å². The molecule has 0 saturated heterocycles. The SMILES string of the molecule is COc1cccc2c(-c3ccccc3)c(C(=O)NN=Cc3ccccc3OC(=O)c3ccccc3)[nH]c12. The largest absolute Gasteiger partial charge is 0.495 e. The van der Waals surface area contributed by atoms with Gasteiger partial charge in [-0.15, -0.1) is 0 Å². The molecule has 1 amide bonds. The number of hydrazone groups is 1. The number of fused-ring (bicyclic) bond motifs is 1. The number of carbonyl (C=O) groups is 2. The first-order valence-corrected chi connectivity index (χ1v) is 11.6. The average molecular weight is 490 g/mol. The third-order valence-corrected chi connectivity index (χ3v) is 5.81. The molecule has 7 nitrogen and oxygen atoms in total. The average Bonchev–Trinajstić information content (AvgIpc) is 3.35.